The van der Waals surface area contributed by atoms with E-state index in [1.807, 2.05) is 0 Å². The first-order valence-electron chi connectivity index (χ1n) is 23.9. The van der Waals surface area contributed by atoms with Gasteiger partial charge in [0.15, 0.2) is 0 Å². The Labute approximate surface area is 433 Å². The molecule has 1 heterocycles. The fraction of sp³-hybridized carbons (Fsp3) is 0.596. The fourth-order valence-electron chi connectivity index (χ4n) is 6.47. The molecule has 27 heteroatoms. The van der Waals surface area contributed by atoms with Gasteiger partial charge in [-0.25, -0.2) is 4.79 Å². The van der Waals surface area contributed by atoms with Gasteiger partial charge in [-0.3, -0.25) is 52.8 Å². The summed E-state index contributed by atoms with van der Waals surface area (Å²) in [5.74, 6) is -8.77. The minimum absolute atomic E-state index is 0.0125. The van der Waals surface area contributed by atoms with Gasteiger partial charge >= 0.3 is 23.9 Å². The molecule has 2 rings (SSSR count). The molecule has 0 saturated heterocycles. The van der Waals surface area contributed by atoms with Crippen LogP contribution in [0, 0.1) is 11.8 Å². The molecular formula is C47H70N8O18S. The van der Waals surface area contributed by atoms with Crippen LogP contribution in [-0.2, 0) is 78.2 Å². The summed E-state index contributed by atoms with van der Waals surface area (Å²) < 4.78 is 26.9. The fourth-order valence-corrected chi connectivity index (χ4v) is 6.62. The van der Waals surface area contributed by atoms with Gasteiger partial charge in [0.1, 0.15) is 30.8 Å². The van der Waals surface area contributed by atoms with Crippen LogP contribution >= 0.6 is 12.6 Å². The number of primary amides is 1. The van der Waals surface area contributed by atoms with E-state index in [1.165, 1.54) is 12.2 Å². The highest BCUT2D eigenvalue weighted by atomic mass is 32.1. The number of carbonyl (C=O) groups excluding carboxylic acids is 9. The van der Waals surface area contributed by atoms with Crippen molar-refractivity contribution in [1.29, 1.82) is 0 Å². The van der Waals surface area contributed by atoms with Crippen LogP contribution in [0.2, 0.25) is 0 Å². The Balaban J connectivity index is 1.98. The zero-order valence-corrected chi connectivity index (χ0v) is 42.7. The van der Waals surface area contributed by atoms with Gasteiger partial charge in [-0.15, -0.1) is 0 Å². The van der Waals surface area contributed by atoms with Gasteiger partial charge in [-0.05, 0) is 49.3 Å². The minimum atomic E-state index is -1.60. The summed E-state index contributed by atoms with van der Waals surface area (Å²) in [6, 6.07) is -0.128. The Morgan fingerprint density at radius 2 is 1.14 bits per heavy atom. The number of nitrogens with two attached hydrogens (primary N) is 1. The maximum atomic E-state index is 13.9. The molecule has 1 unspecified atom stereocenters. The van der Waals surface area contributed by atoms with Crippen molar-refractivity contribution in [1.82, 2.24) is 31.5 Å². The average Bonchev–Trinajstić information content (AvgIpc) is 3.67. The van der Waals surface area contributed by atoms with Crippen LogP contribution in [0.1, 0.15) is 71.3 Å². The maximum Gasteiger partial charge on any atom is 0.312 e. The van der Waals surface area contributed by atoms with Gasteiger partial charge in [0, 0.05) is 49.4 Å². The molecule has 5 atom stereocenters. The number of nitrogens with zero attached hydrogens (tertiary/aromatic N) is 1. The summed E-state index contributed by atoms with van der Waals surface area (Å²) in [6.45, 7) is 6.25. The van der Waals surface area contributed by atoms with Crippen LogP contribution in [0.4, 0.5) is 10.5 Å². The summed E-state index contributed by atoms with van der Waals surface area (Å²) in [5.41, 5.74) is 6.13. The van der Waals surface area contributed by atoms with Gasteiger partial charge in [-0.2, -0.15) is 12.6 Å². The number of carboxylic acid groups (broad SMARTS) is 2. The number of hydrogen-bond donors (Lipinski definition) is 10. The number of anilines is 1. The lowest BCUT2D eigenvalue weighted by atomic mass is 10.0. The third-order valence-electron chi connectivity index (χ3n) is 10.7. The molecule has 0 aromatic heterocycles. The predicted molar refractivity (Wildman–Crippen MR) is 265 cm³/mol. The molecule has 0 bridgehead atoms. The van der Waals surface area contributed by atoms with Crippen molar-refractivity contribution in [2.75, 3.05) is 77.0 Å². The Kier molecular flexibility index (Phi) is 30.4. The lowest BCUT2D eigenvalue weighted by Crippen LogP contribution is -2.59. The summed E-state index contributed by atoms with van der Waals surface area (Å²) in [6.07, 6.45) is 0.208. The topological polar surface area (TPSA) is 376 Å². The third kappa shape index (κ3) is 26.3. The van der Waals surface area contributed by atoms with Gasteiger partial charge in [0.25, 0.3) is 11.8 Å². The first kappa shape index (κ1) is 63.4. The highest BCUT2D eigenvalue weighted by Crippen LogP contribution is 2.14. The molecule has 1 aliphatic heterocycles. The zero-order valence-electron chi connectivity index (χ0n) is 41.8. The molecule has 0 aliphatic carbocycles. The van der Waals surface area contributed by atoms with E-state index in [0.29, 0.717) is 17.0 Å². The first-order chi connectivity index (χ1) is 35.2. The standard InChI is InChI=1S/C47H70N8O18S/c1-29(2)41(45(66)53-33(5-4-17-49-47(48)68)42(63)50-32-8-6-31(7-9-32)27-73-46(67)30(3)28-74)54-44(65)35(11-15-40(61)62)52-43(64)34(10-14-39(59)60)51-36(56)16-19-69-21-23-71-25-26-72-24-22-70-20-18-55-37(57)12-13-38(55)58/h6-9,12-13,29-30,33-35,41,74H,4-5,10-11,14-28H2,1-3H3,(H,50,63)(H,51,56)(H,52,64)(H,53,66)(H,54,65)(H,59,60)(H,61,62)(H3,48,49,68)/t30?,33-,34-,35-,41-/m0/s1. The molecule has 0 saturated carbocycles. The number of amides is 9. The number of ether oxygens (including phenoxy) is 5. The van der Waals surface area contributed by atoms with Gasteiger partial charge in [-0.1, -0.05) is 32.9 Å². The van der Waals surface area contributed by atoms with Crippen LogP contribution in [0.25, 0.3) is 0 Å². The number of esters is 1. The second-order valence-corrected chi connectivity index (χ2v) is 17.4. The van der Waals surface area contributed by atoms with E-state index in [-0.39, 0.29) is 104 Å². The molecule has 1 aliphatic rings. The number of rotatable bonds is 39. The Morgan fingerprint density at radius 1 is 0.635 bits per heavy atom. The number of aliphatic carboxylic acids is 2. The smallest absolute Gasteiger partial charge is 0.312 e. The molecule has 0 fully saturated rings. The molecule has 74 heavy (non-hydrogen) atoms. The van der Waals surface area contributed by atoms with Crippen LogP contribution in [0.15, 0.2) is 36.4 Å². The summed E-state index contributed by atoms with van der Waals surface area (Å²) >= 11 is 4.09. The normalized spacial score (nSPS) is 14.0. The van der Waals surface area contributed by atoms with Crippen LogP contribution in [0.3, 0.4) is 0 Å². The molecule has 1 aromatic carbocycles. The first-order valence-corrected chi connectivity index (χ1v) is 24.5. The van der Waals surface area contributed by atoms with E-state index in [0.717, 1.165) is 4.90 Å². The van der Waals surface area contributed by atoms with Gasteiger partial charge < -0.3 is 71.5 Å². The van der Waals surface area contributed by atoms with Gasteiger partial charge in [0.05, 0.1) is 65.3 Å². The van der Waals surface area contributed by atoms with E-state index in [4.69, 9.17) is 29.4 Å². The summed E-state index contributed by atoms with van der Waals surface area (Å²) in [5, 5.41) is 33.9. The Bertz CT molecular complexity index is 2060. The quantitative estimate of drug-likeness (QED) is 0.0170. The Morgan fingerprint density at radius 3 is 1.66 bits per heavy atom. The van der Waals surface area contributed by atoms with Crippen molar-refractivity contribution in [2.45, 2.75) is 96.5 Å². The zero-order chi connectivity index (χ0) is 55.0. The van der Waals surface area contributed by atoms with Crippen molar-refractivity contribution in [2.24, 2.45) is 17.6 Å². The molecule has 9 amide bonds. The second kappa shape index (κ2) is 35.5. The predicted octanol–water partition coefficient (Wildman–Crippen LogP) is -0.611. The number of thiol groups is 1. The minimum Gasteiger partial charge on any atom is -0.481 e. The molecular weight excluding hydrogens is 997 g/mol. The average molecular weight is 1070 g/mol. The summed E-state index contributed by atoms with van der Waals surface area (Å²) in [7, 11) is 0. The lowest BCUT2D eigenvalue weighted by molar-refractivity contribution is -0.148. The van der Waals surface area contributed by atoms with E-state index in [1.54, 1.807) is 45.0 Å². The van der Waals surface area contributed by atoms with Crippen LogP contribution in [0.5, 0.6) is 0 Å². The van der Waals surface area contributed by atoms with Crippen LogP contribution < -0.4 is 37.6 Å². The molecule has 0 spiro atoms. The lowest BCUT2D eigenvalue weighted by Gasteiger charge is -2.28. The largest absolute Gasteiger partial charge is 0.481 e. The third-order valence-corrected chi connectivity index (χ3v) is 11.2. The number of hydrogen-bond acceptors (Lipinski definition) is 17. The molecule has 26 nitrogen and oxygen atoms in total. The number of imide groups is 1. The molecule has 0 radical (unpaired) electrons. The van der Waals surface area contributed by atoms with Crippen molar-refractivity contribution >= 4 is 83.6 Å². The molecule has 10 N–H and O–H groups in total. The number of carboxylic acids is 2. The van der Waals surface area contributed by atoms with Crippen molar-refractivity contribution < 1.29 is 86.6 Å². The van der Waals surface area contributed by atoms with E-state index in [2.05, 4.69) is 44.5 Å². The highest BCUT2D eigenvalue weighted by Gasteiger charge is 2.33. The molecule has 1 aromatic rings. The van der Waals surface area contributed by atoms with Crippen molar-refractivity contribution in [3.8, 4) is 0 Å². The number of urea groups is 1. The van der Waals surface area contributed by atoms with Crippen LogP contribution in [-0.4, -0.2) is 176 Å². The number of nitrogens with one attached hydrogen (secondary N) is 6. The summed E-state index contributed by atoms with van der Waals surface area (Å²) in [4.78, 5) is 138. The SMILES string of the molecule is CC(CS)C(=O)OCc1ccc(NC(=O)[C@H](CCCNC(N)=O)NC(=O)[C@@H](NC(=O)[C@H](CCC(=O)O)NC(=O)[C@H](CCC(=O)O)NC(=O)CCOCCOCCOCCOCCN2C(=O)C=CC2=O)C(C)C)cc1. The van der Waals surface area contributed by atoms with Crippen molar-refractivity contribution in [3.05, 3.63) is 42.0 Å². The number of benzene rings is 1. The van der Waals surface area contributed by atoms with Gasteiger partial charge in [0.2, 0.25) is 29.5 Å². The monoisotopic (exact) mass is 1070 g/mol. The maximum absolute atomic E-state index is 13.9. The van der Waals surface area contributed by atoms with E-state index in [9.17, 15) is 63.0 Å². The Hall–Kier alpha value is -6.68. The number of carbonyl (C=O) groups is 11. The second-order valence-electron chi connectivity index (χ2n) is 17.0. The highest BCUT2D eigenvalue weighted by molar-refractivity contribution is 7.80. The molecule has 412 valence electrons. The van der Waals surface area contributed by atoms with Crippen molar-refractivity contribution in [3.63, 3.8) is 0 Å². The van der Waals surface area contributed by atoms with E-state index < -0.39 is 115 Å². The van der Waals surface area contributed by atoms with E-state index >= 15 is 0 Å².